The summed E-state index contributed by atoms with van der Waals surface area (Å²) in [5, 5.41) is 3.56. The van der Waals surface area contributed by atoms with E-state index in [1.54, 1.807) is 7.11 Å². The highest BCUT2D eigenvalue weighted by molar-refractivity contribution is 5.68. The summed E-state index contributed by atoms with van der Waals surface area (Å²) in [5.41, 5.74) is 8.29. The minimum Gasteiger partial charge on any atom is -0.497 e. The van der Waals surface area contributed by atoms with E-state index in [1.807, 2.05) is 18.2 Å². The van der Waals surface area contributed by atoms with Gasteiger partial charge in [-0.2, -0.15) is 0 Å². The molecule has 0 bridgehead atoms. The van der Waals surface area contributed by atoms with Crippen molar-refractivity contribution in [2.24, 2.45) is 5.41 Å². The zero-order valence-corrected chi connectivity index (χ0v) is 11.6. The van der Waals surface area contributed by atoms with Crippen LogP contribution in [0.3, 0.4) is 0 Å². The molecular formula is C15H24N2O. The van der Waals surface area contributed by atoms with Gasteiger partial charge in [0.15, 0.2) is 0 Å². The quantitative estimate of drug-likeness (QED) is 0.802. The Morgan fingerprint density at radius 1 is 1.28 bits per heavy atom. The number of benzene rings is 1. The summed E-state index contributed by atoms with van der Waals surface area (Å²) in [6.07, 6.45) is 4.97. The fraction of sp³-hybridized carbons (Fsp3) is 0.600. The molecule has 3 nitrogen and oxygen atoms in total. The molecule has 1 aromatic rings. The molecule has 1 fully saturated rings. The van der Waals surface area contributed by atoms with Gasteiger partial charge in [-0.15, -0.1) is 0 Å². The van der Waals surface area contributed by atoms with E-state index in [2.05, 4.69) is 19.2 Å². The van der Waals surface area contributed by atoms with E-state index < -0.39 is 0 Å². The standard InChI is InChI=1S/C15H24N2O/c1-15(2)8-6-11(7-9-15)17-14-10-12(18-3)4-5-13(14)16/h4-5,10-11,17H,6-9,16H2,1-3H3. The van der Waals surface area contributed by atoms with Crippen molar-refractivity contribution in [3.63, 3.8) is 0 Å². The Hall–Kier alpha value is -1.38. The van der Waals surface area contributed by atoms with Gasteiger partial charge < -0.3 is 15.8 Å². The Morgan fingerprint density at radius 3 is 2.56 bits per heavy atom. The van der Waals surface area contributed by atoms with Crippen LogP contribution in [0.2, 0.25) is 0 Å². The molecular weight excluding hydrogens is 224 g/mol. The lowest BCUT2D eigenvalue weighted by Crippen LogP contribution is -2.30. The van der Waals surface area contributed by atoms with Crippen molar-refractivity contribution in [2.75, 3.05) is 18.2 Å². The van der Waals surface area contributed by atoms with Crippen LogP contribution in [0.25, 0.3) is 0 Å². The lowest BCUT2D eigenvalue weighted by molar-refractivity contribution is 0.232. The van der Waals surface area contributed by atoms with Crippen molar-refractivity contribution >= 4 is 11.4 Å². The highest BCUT2D eigenvalue weighted by Crippen LogP contribution is 2.37. The molecule has 0 heterocycles. The molecule has 0 aromatic heterocycles. The Bertz CT molecular complexity index is 405. The molecule has 0 atom stereocenters. The van der Waals surface area contributed by atoms with Gasteiger partial charge in [-0.1, -0.05) is 13.8 Å². The van der Waals surface area contributed by atoms with Crippen LogP contribution >= 0.6 is 0 Å². The number of nitrogen functional groups attached to an aromatic ring is 1. The number of methoxy groups -OCH3 is 1. The molecule has 1 aliphatic rings. The normalized spacial score (nSPS) is 19.5. The topological polar surface area (TPSA) is 47.3 Å². The zero-order chi connectivity index (χ0) is 13.2. The summed E-state index contributed by atoms with van der Waals surface area (Å²) in [6, 6.07) is 6.31. The summed E-state index contributed by atoms with van der Waals surface area (Å²) in [5.74, 6) is 0.850. The Balaban J connectivity index is 2.01. The maximum absolute atomic E-state index is 6.00. The summed E-state index contributed by atoms with van der Waals surface area (Å²) in [4.78, 5) is 0. The van der Waals surface area contributed by atoms with Crippen LogP contribution in [0.4, 0.5) is 11.4 Å². The number of ether oxygens (including phenoxy) is 1. The number of nitrogens with two attached hydrogens (primary N) is 1. The molecule has 1 aliphatic carbocycles. The molecule has 0 aliphatic heterocycles. The molecule has 0 saturated heterocycles. The zero-order valence-electron chi connectivity index (χ0n) is 11.6. The van der Waals surface area contributed by atoms with Gasteiger partial charge in [-0.25, -0.2) is 0 Å². The van der Waals surface area contributed by atoms with Gasteiger partial charge in [0.05, 0.1) is 18.5 Å². The van der Waals surface area contributed by atoms with Crippen LogP contribution in [-0.2, 0) is 0 Å². The van der Waals surface area contributed by atoms with Gasteiger partial charge in [-0.3, -0.25) is 0 Å². The molecule has 100 valence electrons. The molecule has 2 rings (SSSR count). The fourth-order valence-corrected chi connectivity index (χ4v) is 2.55. The van der Waals surface area contributed by atoms with E-state index in [-0.39, 0.29) is 0 Å². The molecule has 3 N–H and O–H groups in total. The average Bonchev–Trinajstić information content (AvgIpc) is 2.34. The van der Waals surface area contributed by atoms with Gasteiger partial charge in [0.25, 0.3) is 0 Å². The van der Waals surface area contributed by atoms with E-state index in [4.69, 9.17) is 10.5 Å². The SMILES string of the molecule is COc1ccc(N)c(NC2CCC(C)(C)CC2)c1. The number of anilines is 2. The van der Waals surface area contributed by atoms with Crippen molar-refractivity contribution in [3.8, 4) is 5.75 Å². The molecule has 0 spiro atoms. The smallest absolute Gasteiger partial charge is 0.121 e. The van der Waals surface area contributed by atoms with Crippen molar-refractivity contribution < 1.29 is 4.74 Å². The lowest BCUT2D eigenvalue weighted by Gasteiger charge is -2.35. The molecule has 0 unspecified atom stereocenters. The molecule has 18 heavy (non-hydrogen) atoms. The maximum Gasteiger partial charge on any atom is 0.121 e. The van der Waals surface area contributed by atoms with Crippen LogP contribution in [0.15, 0.2) is 18.2 Å². The number of hydrogen-bond donors (Lipinski definition) is 2. The van der Waals surface area contributed by atoms with E-state index in [0.717, 1.165) is 17.1 Å². The Labute approximate surface area is 110 Å². The predicted molar refractivity (Wildman–Crippen MR) is 77.1 cm³/mol. The molecule has 3 heteroatoms. The minimum atomic E-state index is 0.498. The molecule has 1 aromatic carbocycles. The second kappa shape index (κ2) is 5.09. The van der Waals surface area contributed by atoms with Crippen LogP contribution in [0.5, 0.6) is 5.75 Å². The second-order valence-electron chi connectivity index (χ2n) is 6.04. The predicted octanol–water partition coefficient (Wildman–Crippen LogP) is 3.66. The maximum atomic E-state index is 6.00. The molecule has 1 saturated carbocycles. The van der Waals surface area contributed by atoms with Gasteiger partial charge in [0.1, 0.15) is 5.75 Å². The van der Waals surface area contributed by atoms with E-state index in [9.17, 15) is 0 Å². The first kappa shape index (κ1) is 13.1. The Kier molecular flexibility index (Phi) is 3.69. The van der Waals surface area contributed by atoms with E-state index >= 15 is 0 Å². The van der Waals surface area contributed by atoms with Crippen molar-refractivity contribution in [1.82, 2.24) is 0 Å². The number of nitrogens with one attached hydrogen (secondary N) is 1. The van der Waals surface area contributed by atoms with E-state index in [0.29, 0.717) is 11.5 Å². The third-order valence-electron chi connectivity index (χ3n) is 3.96. The molecule has 0 amide bonds. The van der Waals surface area contributed by atoms with Gasteiger partial charge in [0.2, 0.25) is 0 Å². The average molecular weight is 248 g/mol. The molecule has 0 radical (unpaired) electrons. The third-order valence-corrected chi connectivity index (χ3v) is 3.96. The minimum absolute atomic E-state index is 0.498. The van der Waals surface area contributed by atoms with Crippen molar-refractivity contribution in [2.45, 2.75) is 45.6 Å². The van der Waals surface area contributed by atoms with Crippen LogP contribution < -0.4 is 15.8 Å². The lowest BCUT2D eigenvalue weighted by atomic mass is 9.75. The van der Waals surface area contributed by atoms with Gasteiger partial charge in [-0.05, 0) is 43.2 Å². The summed E-state index contributed by atoms with van der Waals surface area (Å²) < 4.78 is 5.24. The van der Waals surface area contributed by atoms with Crippen molar-refractivity contribution in [1.29, 1.82) is 0 Å². The van der Waals surface area contributed by atoms with Crippen LogP contribution in [0, 0.1) is 5.41 Å². The fourth-order valence-electron chi connectivity index (χ4n) is 2.55. The first-order valence-corrected chi connectivity index (χ1v) is 6.70. The monoisotopic (exact) mass is 248 g/mol. The van der Waals surface area contributed by atoms with Crippen LogP contribution in [-0.4, -0.2) is 13.2 Å². The second-order valence-corrected chi connectivity index (χ2v) is 6.04. The van der Waals surface area contributed by atoms with Crippen LogP contribution in [0.1, 0.15) is 39.5 Å². The largest absolute Gasteiger partial charge is 0.497 e. The highest BCUT2D eigenvalue weighted by atomic mass is 16.5. The summed E-state index contributed by atoms with van der Waals surface area (Å²) >= 11 is 0. The Morgan fingerprint density at radius 2 is 1.94 bits per heavy atom. The van der Waals surface area contributed by atoms with Gasteiger partial charge in [0, 0.05) is 12.1 Å². The highest BCUT2D eigenvalue weighted by Gasteiger charge is 2.26. The number of rotatable bonds is 3. The number of hydrogen-bond acceptors (Lipinski definition) is 3. The summed E-state index contributed by atoms with van der Waals surface area (Å²) in [7, 11) is 1.68. The third kappa shape index (κ3) is 3.09. The first-order valence-electron chi connectivity index (χ1n) is 6.70. The van der Waals surface area contributed by atoms with E-state index in [1.165, 1.54) is 25.7 Å². The summed E-state index contributed by atoms with van der Waals surface area (Å²) in [6.45, 7) is 4.70. The van der Waals surface area contributed by atoms with Crippen molar-refractivity contribution in [3.05, 3.63) is 18.2 Å². The van der Waals surface area contributed by atoms with Gasteiger partial charge >= 0.3 is 0 Å². The first-order chi connectivity index (χ1) is 8.50.